The van der Waals surface area contributed by atoms with Crippen molar-refractivity contribution in [3.8, 4) is 0 Å². The predicted molar refractivity (Wildman–Crippen MR) is 256 cm³/mol. The molecule has 0 aliphatic carbocycles. The van der Waals surface area contributed by atoms with Gasteiger partial charge in [-0.15, -0.1) is 0 Å². The summed E-state index contributed by atoms with van der Waals surface area (Å²) in [5, 5.41) is 0. The third-order valence-corrected chi connectivity index (χ3v) is 8.92. The molecule has 0 amide bonds. The normalized spacial score (nSPS) is 13.3. The van der Waals surface area contributed by atoms with Gasteiger partial charge in [-0.1, -0.05) is 187 Å². The molecule has 0 heterocycles. The largest absolute Gasteiger partial charge is 0.462 e. The van der Waals surface area contributed by atoms with Gasteiger partial charge in [-0.2, -0.15) is 0 Å². The summed E-state index contributed by atoms with van der Waals surface area (Å²) in [5.74, 6) is -1.19. The molecule has 0 radical (unpaired) electrons. The van der Waals surface area contributed by atoms with Gasteiger partial charge in [0.25, 0.3) is 0 Å². The summed E-state index contributed by atoms with van der Waals surface area (Å²) < 4.78 is 16.5. The van der Waals surface area contributed by atoms with Gasteiger partial charge in [0.05, 0.1) is 6.42 Å². The Morgan fingerprint density at radius 3 is 1.23 bits per heavy atom. The first kappa shape index (κ1) is 55.5. The molecule has 1 atom stereocenters. The number of hydrogen-bond acceptors (Lipinski definition) is 6. The molecule has 0 fully saturated rings. The fourth-order valence-electron chi connectivity index (χ4n) is 5.48. The van der Waals surface area contributed by atoms with Crippen molar-refractivity contribution in [3.05, 3.63) is 134 Å². The topological polar surface area (TPSA) is 78.9 Å². The van der Waals surface area contributed by atoms with Gasteiger partial charge in [-0.25, -0.2) is 0 Å². The van der Waals surface area contributed by atoms with E-state index in [-0.39, 0.29) is 44.4 Å². The average molecular weight is 827 g/mol. The number of allylic oxidation sites excluding steroid dienone is 21. The van der Waals surface area contributed by atoms with Gasteiger partial charge in [0.15, 0.2) is 6.10 Å². The molecule has 0 aromatic rings. The van der Waals surface area contributed by atoms with Crippen molar-refractivity contribution in [2.75, 3.05) is 13.2 Å². The van der Waals surface area contributed by atoms with Crippen LogP contribution in [-0.2, 0) is 28.6 Å². The number of rotatable bonds is 39. The fourth-order valence-corrected chi connectivity index (χ4v) is 5.48. The highest BCUT2D eigenvalue weighted by molar-refractivity contribution is 5.72. The van der Waals surface area contributed by atoms with E-state index in [1.165, 1.54) is 19.3 Å². The maximum atomic E-state index is 12.7. The van der Waals surface area contributed by atoms with Crippen molar-refractivity contribution in [1.82, 2.24) is 0 Å². The van der Waals surface area contributed by atoms with Crippen LogP contribution in [0.25, 0.3) is 0 Å². The van der Waals surface area contributed by atoms with Gasteiger partial charge in [0.1, 0.15) is 13.2 Å². The monoisotopic (exact) mass is 827 g/mol. The molecule has 0 aliphatic heterocycles. The Kier molecular flexibility index (Phi) is 43.7. The molecule has 1 unspecified atom stereocenters. The van der Waals surface area contributed by atoms with Gasteiger partial charge in [-0.05, 0) is 96.3 Å². The maximum Gasteiger partial charge on any atom is 0.309 e. The number of esters is 3. The number of unbranched alkanes of at least 4 members (excludes halogenated alkanes) is 7. The SMILES string of the molecule is CC/C=C\C/C=C\C/C=C\C/C=C\C/C=C\CC(=O)OCC(COC(=O)CC/C=C\C/C=C\C/C=C\C/C=C\CC)OC(=O)CCCCCCC/C=C\C/C=C\CCCC. The summed E-state index contributed by atoms with van der Waals surface area (Å²) in [6.07, 6.45) is 66.1. The minimum Gasteiger partial charge on any atom is -0.462 e. The van der Waals surface area contributed by atoms with Gasteiger partial charge in [0, 0.05) is 12.8 Å². The Labute approximate surface area is 366 Å². The molecule has 0 N–H and O–H groups in total. The van der Waals surface area contributed by atoms with E-state index in [4.69, 9.17) is 14.2 Å². The molecule has 0 aromatic heterocycles. The van der Waals surface area contributed by atoms with Crippen molar-refractivity contribution in [1.29, 1.82) is 0 Å². The van der Waals surface area contributed by atoms with Crippen molar-refractivity contribution in [2.24, 2.45) is 0 Å². The molecular formula is C54H82O6. The summed E-state index contributed by atoms with van der Waals surface area (Å²) in [7, 11) is 0. The van der Waals surface area contributed by atoms with Gasteiger partial charge in [0.2, 0.25) is 0 Å². The number of ether oxygens (including phenoxy) is 3. The molecular weight excluding hydrogens is 745 g/mol. The van der Waals surface area contributed by atoms with E-state index >= 15 is 0 Å². The highest BCUT2D eigenvalue weighted by Crippen LogP contribution is 2.11. The van der Waals surface area contributed by atoms with E-state index in [1.54, 1.807) is 6.08 Å². The summed E-state index contributed by atoms with van der Waals surface area (Å²) in [6.45, 7) is 6.16. The molecule has 0 saturated carbocycles. The van der Waals surface area contributed by atoms with Crippen LogP contribution in [0, 0.1) is 0 Å². The minimum atomic E-state index is -0.857. The molecule has 6 nitrogen and oxygen atoms in total. The Morgan fingerprint density at radius 1 is 0.367 bits per heavy atom. The third-order valence-electron chi connectivity index (χ3n) is 8.92. The highest BCUT2D eigenvalue weighted by atomic mass is 16.6. The van der Waals surface area contributed by atoms with Crippen LogP contribution in [0.2, 0.25) is 0 Å². The Hall–Kier alpha value is -4.45. The summed E-state index contributed by atoms with van der Waals surface area (Å²) in [6, 6.07) is 0. The van der Waals surface area contributed by atoms with Crippen LogP contribution in [0.4, 0.5) is 0 Å². The second-order valence-electron chi connectivity index (χ2n) is 14.6. The zero-order valence-corrected chi connectivity index (χ0v) is 37.9. The number of hydrogen-bond donors (Lipinski definition) is 0. The van der Waals surface area contributed by atoms with E-state index in [2.05, 4.69) is 130 Å². The zero-order valence-electron chi connectivity index (χ0n) is 37.9. The first-order valence-corrected chi connectivity index (χ1v) is 23.2. The summed E-state index contributed by atoms with van der Waals surface area (Å²) in [5.41, 5.74) is 0. The maximum absolute atomic E-state index is 12.7. The smallest absolute Gasteiger partial charge is 0.309 e. The molecule has 60 heavy (non-hydrogen) atoms. The Morgan fingerprint density at radius 2 is 0.750 bits per heavy atom. The fraction of sp³-hybridized carbons (Fsp3) is 0.537. The van der Waals surface area contributed by atoms with Crippen LogP contribution in [0.5, 0.6) is 0 Å². The lowest BCUT2D eigenvalue weighted by atomic mass is 10.1. The van der Waals surface area contributed by atoms with Gasteiger partial charge < -0.3 is 14.2 Å². The van der Waals surface area contributed by atoms with E-state index in [0.717, 1.165) is 103 Å². The van der Waals surface area contributed by atoms with Crippen LogP contribution in [0.1, 0.15) is 168 Å². The van der Waals surface area contributed by atoms with Crippen LogP contribution in [0.15, 0.2) is 134 Å². The van der Waals surface area contributed by atoms with Crippen molar-refractivity contribution < 1.29 is 28.6 Å². The third kappa shape index (κ3) is 44.6. The predicted octanol–water partition coefficient (Wildman–Crippen LogP) is 15.1. The lowest BCUT2D eigenvalue weighted by Crippen LogP contribution is -2.30. The van der Waals surface area contributed by atoms with Crippen LogP contribution in [0.3, 0.4) is 0 Å². The molecule has 0 spiro atoms. The van der Waals surface area contributed by atoms with Crippen molar-refractivity contribution >= 4 is 17.9 Å². The molecule has 0 aromatic carbocycles. The van der Waals surface area contributed by atoms with Crippen LogP contribution in [-0.4, -0.2) is 37.2 Å². The molecule has 0 rings (SSSR count). The highest BCUT2D eigenvalue weighted by Gasteiger charge is 2.19. The summed E-state index contributed by atoms with van der Waals surface area (Å²) in [4.78, 5) is 37.7. The Balaban J connectivity index is 4.67. The molecule has 334 valence electrons. The van der Waals surface area contributed by atoms with E-state index in [9.17, 15) is 14.4 Å². The number of carbonyl (C=O) groups excluding carboxylic acids is 3. The molecule has 0 bridgehead atoms. The first-order valence-electron chi connectivity index (χ1n) is 23.2. The van der Waals surface area contributed by atoms with Crippen molar-refractivity contribution in [2.45, 2.75) is 175 Å². The van der Waals surface area contributed by atoms with Crippen LogP contribution < -0.4 is 0 Å². The summed E-state index contributed by atoms with van der Waals surface area (Å²) >= 11 is 0. The van der Waals surface area contributed by atoms with Gasteiger partial charge >= 0.3 is 17.9 Å². The Bertz CT molecular complexity index is 1370. The standard InChI is InChI=1S/C54H82O6/c1-4-7-10-13-16-19-22-25-27-30-32-35-38-41-44-47-53(56)59-50-51(49-58-52(55)46-43-40-37-34-31-28-24-21-18-15-12-9-6-3)60-54(57)48-45-42-39-36-33-29-26-23-20-17-14-11-8-5-2/h7,9-10,12,14,16-19,21,23,25-28,31-32,35,37,40-41,44,51H,4-6,8,11,13,15,20,22,24,29-30,33-34,36,38-39,42-43,45-50H2,1-3H3/b10-7-,12-9-,17-14-,19-16-,21-18-,26-23-,27-25-,31-28-,35-32-,40-37-,44-41-. The molecule has 6 heteroatoms. The zero-order chi connectivity index (χ0) is 43.7. The second-order valence-corrected chi connectivity index (χ2v) is 14.6. The van der Waals surface area contributed by atoms with E-state index in [0.29, 0.717) is 6.42 Å². The first-order chi connectivity index (χ1) is 29.5. The second kappa shape index (κ2) is 47.2. The molecule has 0 aliphatic rings. The van der Waals surface area contributed by atoms with E-state index < -0.39 is 12.1 Å². The quantitative estimate of drug-likeness (QED) is 0.0266. The lowest BCUT2D eigenvalue weighted by Gasteiger charge is -2.18. The van der Waals surface area contributed by atoms with Crippen molar-refractivity contribution in [3.63, 3.8) is 0 Å². The average Bonchev–Trinajstić information content (AvgIpc) is 3.24. The van der Waals surface area contributed by atoms with Crippen LogP contribution >= 0.6 is 0 Å². The lowest BCUT2D eigenvalue weighted by molar-refractivity contribution is -0.166. The minimum absolute atomic E-state index is 0.106. The van der Waals surface area contributed by atoms with Gasteiger partial charge in [-0.3, -0.25) is 14.4 Å². The molecule has 0 saturated heterocycles. The number of carbonyl (C=O) groups is 3. The van der Waals surface area contributed by atoms with E-state index in [1.807, 2.05) is 18.2 Å².